The Hall–Kier alpha value is -2.33. The van der Waals surface area contributed by atoms with Crippen LogP contribution in [0, 0.1) is 13.8 Å². The molecule has 0 unspecified atom stereocenters. The van der Waals surface area contributed by atoms with E-state index >= 15 is 0 Å². The summed E-state index contributed by atoms with van der Waals surface area (Å²) in [5.41, 5.74) is 4.58. The van der Waals surface area contributed by atoms with E-state index in [0.717, 1.165) is 31.9 Å². The minimum absolute atomic E-state index is 0.0615. The fourth-order valence-electron chi connectivity index (χ4n) is 3.03. The molecule has 2 aromatic carbocycles. The van der Waals surface area contributed by atoms with Gasteiger partial charge in [0.1, 0.15) is 0 Å². The van der Waals surface area contributed by atoms with E-state index in [1.165, 1.54) is 16.8 Å². The van der Waals surface area contributed by atoms with Gasteiger partial charge < -0.3 is 10.2 Å². The minimum atomic E-state index is 0.0615. The number of amides is 1. The Labute approximate surface area is 144 Å². The van der Waals surface area contributed by atoms with Crippen LogP contribution >= 0.6 is 0 Å². The van der Waals surface area contributed by atoms with Crippen molar-refractivity contribution in [2.24, 2.45) is 0 Å². The molecule has 1 N–H and O–H groups in total. The van der Waals surface area contributed by atoms with Crippen molar-refractivity contribution >= 4 is 17.3 Å². The zero-order valence-corrected chi connectivity index (χ0v) is 14.5. The summed E-state index contributed by atoms with van der Waals surface area (Å²) in [6.45, 7) is 8.34. The van der Waals surface area contributed by atoms with Crippen molar-refractivity contribution in [2.45, 2.75) is 13.8 Å². The summed E-state index contributed by atoms with van der Waals surface area (Å²) in [5.74, 6) is 0.0615. The molecular formula is C20H25N3O. The summed E-state index contributed by atoms with van der Waals surface area (Å²) in [5, 5.41) is 3.01. The first kappa shape index (κ1) is 16.5. The second-order valence-corrected chi connectivity index (χ2v) is 6.45. The third kappa shape index (κ3) is 4.15. The molecule has 1 amide bonds. The van der Waals surface area contributed by atoms with Gasteiger partial charge in [-0.3, -0.25) is 9.69 Å². The van der Waals surface area contributed by atoms with Gasteiger partial charge in [-0.05, 0) is 49.2 Å². The lowest BCUT2D eigenvalue weighted by Gasteiger charge is -2.35. The molecule has 4 nitrogen and oxygen atoms in total. The number of aryl methyl sites for hydroxylation is 2. The third-order valence-corrected chi connectivity index (χ3v) is 4.65. The lowest BCUT2D eigenvalue weighted by Crippen LogP contribution is -2.48. The molecule has 0 saturated carbocycles. The predicted molar refractivity (Wildman–Crippen MR) is 99.6 cm³/mol. The number of nitrogens with one attached hydrogen (secondary N) is 1. The normalized spacial score (nSPS) is 15.3. The highest BCUT2D eigenvalue weighted by Crippen LogP contribution is 2.16. The Morgan fingerprint density at radius 2 is 1.67 bits per heavy atom. The summed E-state index contributed by atoms with van der Waals surface area (Å²) < 4.78 is 0. The Morgan fingerprint density at radius 1 is 0.958 bits per heavy atom. The number of hydrogen-bond donors (Lipinski definition) is 1. The summed E-state index contributed by atoms with van der Waals surface area (Å²) in [7, 11) is 0. The Kier molecular flexibility index (Phi) is 5.16. The van der Waals surface area contributed by atoms with Crippen molar-refractivity contribution < 1.29 is 4.79 Å². The molecule has 1 saturated heterocycles. The van der Waals surface area contributed by atoms with Gasteiger partial charge in [0.25, 0.3) is 0 Å². The van der Waals surface area contributed by atoms with Gasteiger partial charge in [-0.25, -0.2) is 0 Å². The number of hydrogen-bond acceptors (Lipinski definition) is 3. The molecule has 3 rings (SSSR count). The first-order valence-corrected chi connectivity index (χ1v) is 8.51. The second-order valence-electron chi connectivity index (χ2n) is 6.45. The van der Waals surface area contributed by atoms with Gasteiger partial charge in [-0.1, -0.05) is 24.3 Å². The van der Waals surface area contributed by atoms with Crippen LogP contribution in [-0.4, -0.2) is 43.5 Å². The zero-order chi connectivity index (χ0) is 16.9. The molecule has 1 heterocycles. The predicted octanol–water partition coefficient (Wildman–Crippen LogP) is 3.06. The minimum Gasteiger partial charge on any atom is -0.369 e. The van der Waals surface area contributed by atoms with Crippen LogP contribution in [0.15, 0.2) is 48.5 Å². The van der Waals surface area contributed by atoms with Crippen LogP contribution in [0.1, 0.15) is 11.1 Å². The number of benzene rings is 2. The maximum atomic E-state index is 12.3. The number of anilines is 2. The molecule has 0 aromatic heterocycles. The fraction of sp³-hybridized carbons (Fsp3) is 0.350. The van der Waals surface area contributed by atoms with Crippen molar-refractivity contribution in [1.29, 1.82) is 0 Å². The van der Waals surface area contributed by atoms with E-state index in [1.807, 2.05) is 24.3 Å². The smallest absolute Gasteiger partial charge is 0.238 e. The van der Waals surface area contributed by atoms with Gasteiger partial charge >= 0.3 is 0 Å². The maximum Gasteiger partial charge on any atom is 0.238 e. The first-order chi connectivity index (χ1) is 11.6. The lowest BCUT2D eigenvalue weighted by molar-refractivity contribution is -0.117. The number of rotatable bonds is 4. The number of carbonyl (C=O) groups is 1. The van der Waals surface area contributed by atoms with E-state index in [1.54, 1.807) is 0 Å². The lowest BCUT2D eigenvalue weighted by atomic mass is 10.1. The molecule has 24 heavy (non-hydrogen) atoms. The number of piperazine rings is 1. The maximum absolute atomic E-state index is 12.3. The van der Waals surface area contributed by atoms with Crippen molar-refractivity contribution in [1.82, 2.24) is 4.90 Å². The van der Waals surface area contributed by atoms with Crippen LogP contribution in [0.3, 0.4) is 0 Å². The first-order valence-electron chi connectivity index (χ1n) is 8.51. The quantitative estimate of drug-likeness (QED) is 0.939. The molecule has 4 heteroatoms. The number of para-hydroxylation sites is 1. The highest BCUT2D eigenvalue weighted by molar-refractivity contribution is 5.92. The molecule has 0 bridgehead atoms. The number of nitrogens with zero attached hydrogens (tertiary/aromatic N) is 2. The molecule has 126 valence electrons. The Balaban J connectivity index is 1.49. The van der Waals surface area contributed by atoms with Crippen molar-refractivity contribution in [3.63, 3.8) is 0 Å². The monoisotopic (exact) mass is 323 g/mol. The van der Waals surface area contributed by atoms with Crippen LogP contribution in [0.25, 0.3) is 0 Å². The van der Waals surface area contributed by atoms with Crippen molar-refractivity contribution in [3.8, 4) is 0 Å². The zero-order valence-electron chi connectivity index (χ0n) is 14.5. The SMILES string of the molecule is Cc1ccc(NC(=O)CN2CCN(c3ccccc3)CC2)cc1C. The fourth-order valence-corrected chi connectivity index (χ4v) is 3.03. The summed E-state index contributed by atoms with van der Waals surface area (Å²) >= 11 is 0. The molecule has 0 atom stereocenters. The van der Waals surface area contributed by atoms with E-state index in [-0.39, 0.29) is 5.91 Å². The van der Waals surface area contributed by atoms with E-state index in [4.69, 9.17) is 0 Å². The average molecular weight is 323 g/mol. The van der Waals surface area contributed by atoms with Gasteiger partial charge in [-0.15, -0.1) is 0 Å². The van der Waals surface area contributed by atoms with Gasteiger partial charge in [-0.2, -0.15) is 0 Å². The highest BCUT2D eigenvalue weighted by Gasteiger charge is 2.19. The standard InChI is InChI=1S/C20H25N3O/c1-16-8-9-18(14-17(16)2)21-20(24)15-22-10-12-23(13-11-22)19-6-4-3-5-7-19/h3-9,14H,10-13,15H2,1-2H3,(H,21,24). The summed E-state index contributed by atoms with van der Waals surface area (Å²) in [4.78, 5) is 16.9. The van der Waals surface area contributed by atoms with Gasteiger partial charge in [0.05, 0.1) is 6.54 Å². The molecule has 0 spiro atoms. The van der Waals surface area contributed by atoms with Crippen LogP contribution in [0.4, 0.5) is 11.4 Å². The molecule has 2 aromatic rings. The van der Waals surface area contributed by atoms with Gasteiger partial charge in [0.2, 0.25) is 5.91 Å². The van der Waals surface area contributed by atoms with Gasteiger partial charge in [0, 0.05) is 37.6 Å². The molecule has 1 aliphatic rings. The van der Waals surface area contributed by atoms with E-state index in [9.17, 15) is 4.79 Å². The van der Waals surface area contributed by atoms with E-state index in [2.05, 4.69) is 53.2 Å². The average Bonchev–Trinajstić information content (AvgIpc) is 2.59. The molecule has 1 aliphatic heterocycles. The molecule has 0 radical (unpaired) electrons. The summed E-state index contributed by atoms with van der Waals surface area (Å²) in [6, 6.07) is 16.5. The van der Waals surface area contributed by atoms with Crippen LogP contribution < -0.4 is 10.2 Å². The van der Waals surface area contributed by atoms with Crippen molar-refractivity contribution in [2.75, 3.05) is 42.9 Å². The molecule has 1 fully saturated rings. The largest absolute Gasteiger partial charge is 0.369 e. The van der Waals surface area contributed by atoms with Crippen LogP contribution in [0.5, 0.6) is 0 Å². The topological polar surface area (TPSA) is 35.6 Å². The summed E-state index contributed by atoms with van der Waals surface area (Å²) in [6.07, 6.45) is 0. The van der Waals surface area contributed by atoms with Crippen LogP contribution in [-0.2, 0) is 4.79 Å². The van der Waals surface area contributed by atoms with Crippen LogP contribution in [0.2, 0.25) is 0 Å². The second kappa shape index (κ2) is 7.49. The number of carbonyl (C=O) groups excluding carboxylic acids is 1. The Morgan fingerprint density at radius 3 is 2.33 bits per heavy atom. The third-order valence-electron chi connectivity index (χ3n) is 4.65. The molecule has 0 aliphatic carbocycles. The Bertz CT molecular complexity index is 691. The van der Waals surface area contributed by atoms with E-state index in [0.29, 0.717) is 6.54 Å². The van der Waals surface area contributed by atoms with Crippen molar-refractivity contribution in [3.05, 3.63) is 59.7 Å². The molecular weight excluding hydrogens is 298 g/mol. The highest BCUT2D eigenvalue weighted by atomic mass is 16.2. The van der Waals surface area contributed by atoms with E-state index < -0.39 is 0 Å². The van der Waals surface area contributed by atoms with Gasteiger partial charge in [0.15, 0.2) is 0 Å².